The number of nitrogens with one attached hydrogen (secondary N) is 1. The minimum atomic E-state index is -0.167. The lowest BCUT2D eigenvalue weighted by Crippen LogP contribution is -2.47. The fourth-order valence-corrected chi connectivity index (χ4v) is 3.00. The first-order valence-corrected chi connectivity index (χ1v) is 8.70. The highest BCUT2D eigenvalue weighted by molar-refractivity contribution is 5.50. The Labute approximate surface area is 148 Å². The van der Waals surface area contributed by atoms with Crippen molar-refractivity contribution >= 4 is 17.5 Å². The van der Waals surface area contributed by atoms with Crippen LogP contribution in [0.4, 0.5) is 21.8 Å². The summed E-state index contributed by atoms with van der Waals surface area (Å²) in [5.74, 6) is 1.41. The summed E-state index contributed by atoms with van der Waals surface area (Å²) in [6.45, 7) is 11.3. The maximum atomic E-state index is 14.0. The highest BCUT2D eigenvalue weighted by atomic mass is 19.1. The normalized spacial score (nSPS) is 15.4. The summed E-state index contributed by atoms with van der Waals surface area (Å²) in [6, 6.07) is 8.90. The summed E-state index contributed by atoms with van der Waals surface area (Å²) < 4.78 is 14.0. The lowest BCUT2D eigenvalue weighted by Gasteiger charge is -2.36. The predicted octanol–water partition coefficient (Wildman–Crippen LogP) is 3.46. The number of benzene rings is 1. The van der Waals surface area contributed by atoms with Crippen LogP contribution in [0.25, 0.3) is 0 Å². The predicted molar refractivity (Wildman–Crippen MR) is 101 cm³/mol. The Hall–Kier alpha value is -2.37. The molecule has 1 saturated heterocycles. The van der Waals surface area contributed by atoms with E-state index in [4.69, 9.17) is 0 Å². The van der Waals surface area contributed by atoms with Gasteiger partial charge in [0.2, 0.25) is 5.95 Å². The first-order chi connectivity index (χ1) is 11.8. The minimum absolute atomic E-state index is 0.0540. The number of hydrogen-bond acceptors (Lipinski definition) is 5. The van der Waals surface area contributed by atoms with Crippen LogP contribution >= 0.6 is 0 Å². The number of piperazine rings is 1. The van der Waals surface area contributed by atoms with E-state index in [2.05, 4.69) is 45.9 Å². The van der Waals surface area contributed by atoms with Crippen molar-refractivity contribution in [3.05, 3.63) is 41.8 Å². The van der Waals surface area contributed by atoms with E-state index in [1.54, 1.807) is 6.07 Å². The average Bonchev–Trinajstić information content (AvgIpc) is 2.53. The quantitative estimate of drug-likeness (QED) is 0.925. The molecule has 0 aliphatic carbocycles. The van der Waals surface area contributed by atoms with Crippen molar-refractivity contribution in [1.82, 2.24) is 9.97 Å². The number of aryl methyl sites for hydroxylation is 1. The van der Waals surface area contributed by atoms with Crippen LogP contribution in [-0.2, 0) is 0 Å². The Morgan fingerprint density at radius 2 is 1.64 bits per heavy atom. The van der Waals surface area contributed by atoms with E-state index in [1.807, 2.05) is 25.1 Å². The van der Waals surface area contributed by atoms with Crippen molar-refractivity contribution in [2.45, 2.75) is 33.2 Å². The Balaban J connectivity index is 1.72. The van der Waals surface area contributed by atoms with Crippen LogP contribution in [0.15, 0.2) is 30.3 Å². The molecule has 2 aromatic rings. The first-order valence-electron chi connectivity index (χ1n) is 8.70. The van der Waals surface area contributed by atoms with Crippen LogP contribution in [-0.4, -0.2) is 41.7 Å². The topological polar surface area (TPSA) is 44.3 Å². The van der Waals surface area contributed by atoms with Crippen LogP contribution in [0.3, 0.4) is 0 Å². The second-order valence-electron chi connectivity index (χ2n) is 7.50. The van der Waals surface area contributed by atoms with E-state index in [1.165, 1.54) is 6.07 Å². The average molecular weight is 343 g/mol. The Morgan fingerprint density at radius 1 is 1.00 bits per heavy atom. The van der Waals surface area contributed by atoms with Crippen molar-refractivity contribution < 1.29 is 4.39 Å². The summed E-state index contributed by atoms with van der Waals surface area (Å²) in [7, 11) is 0. The molecule has 1 N–H and O–H groups in total. The molecule has 2 heterocycles. The van der Waals surface area contributed by atoms with Crippen molar-refractivity contribution in [1.29, 1.82) is 0 Å². The molecule has 1 fully saturated rings. The third kappa shape index (κ3) is 4.38. The van der Waals surface area contributed by atoms with Gasteiger partial charge in [-0.05, 0) is 39.8 Å². The van der Waals surface area contributed by atoms with Gasteiger partial charge in [-0.3, -0.25) is 0 Å². The zero-order valence-electron chi connectivity index (χ0n) is 15.4. The lowest BCUT2D eigenvalue weighted by atomic mass is 10.1. The summed E-state index contributed by atoms with van der Waals surface area (Å²) in [5, 5.41) is 3.41. The zero-order valence-corrected chi connectivity index (χ0v) is 15.4. The van der Waals surface area contributed by atoms with E-state index in [9.17, 15) is 4.39 Å². The molecule has 0 amide bonds. The number of halogens is 1. The highest BCUT2D eigenvalue weighted by Crippen LogP contribution is 2.23. The molecule has 0 radical (unpaired) electrons. The maximum Gasteiger partial charge on any atom is 0.227 e. The van der Waals surface area contributed by atoms with Crippen molar-refractivity contribution in [3.63, 3.8) is 0 Å². The van der Waals surface area contributed by atoms with Gasteiger partial charge in [-0.15, -0.1) is 0 Å². The van der Waals surface area contributed by atoms with Gasteiger partial charge in [-0.1, -0.05) is 12.1 Å². The molecule has 3 rings (SSSR count). The van der Waals surface area contributed by atoms with Gasteiger partial charge in [-0.2, -0.15) is 4.98 Å². The van der Waals surface area contributed by atoms with Crippen LogP contribution in [0, 0.1) is 12.7 Å². The maximum absolute atomic E-state index is 14.0. The van der Waals surface area contributed by atoms with Crippen molar-refractivity contribution in [2.75, 3.05) is 41.3 Å². The van der Waals surface area contributed by atoms with E-state index in [0.717, 1.165) is 43.6 Å². The van der Waals surface area contributed by atoms with E-state index >= 15 is 0 Å². The van der Waals surface area contributed by atoms with E-state index in [-0.39, 0.29) is 11.4 Å². The van der Waals surface area contributed by atoms with Crippen molar-refractivity contribution in [2.24, 2.45) is 0 Å². The largest absolute Gasteiger partial charge is 0.366 e. The van der Waals surface area contributed by atoms with Gasteiger partial charge in [0.1, 0.15) is 11.6 Å². The number of nitrogens with zero attached hydrogens (tertiary/aromatic N) is 4. The summed E-state index contributed by atoms with van der Waals surface area (Å²) in [5.41, 5.74) is 1.55. The second-order valence-corrected chi connectivity index (χ2v) is 7.50. The molecule has 134 valence electrons. The van der Waals surface area contributed by atoms with Gasteiger partial charge in [0.25, 0.3) is 0 Å². The van der Waals surface area contributed by atoms with Gasteiger partial charge in [0.05, 0.1) is 5.69 Å². The van der Waals surface area contributed by atoms with E-state index in [0.29, 0.717) is 5.69 Å². The van der Waals surface area contributed by atoms with Gasteiger partial charge >= 0.3 is 0 Å². The molecule has 1 aromatic carbocycles. The lowest BCUT2D eigenvalue weighted by molar-refractivity contribution is 0.593. The monoisotopic (exact) mass is 343 g/mol. The SMILES string of the molecule is Cc1cc(NC(C)(C)C)nc(N2CCN(c3ccccc3F)CC2)n1. The summed E-state index contributed by atoms with van der Waals surface area (Å²) in [6.07, 6.45) is 0. The Bertz CT molecular complexity index is 733. The molecule has 0 bridgehead atoms. The fraction of sp³-hybridized carbons (Fsp3) is 0.474. The molecule has 1 aliphatic rings. The molecule has 6 heteroatoms. The van der Waals surface area contributed by atoms with Crippen LogP contribution in [0.5, 0.6) is 0 Å². The summed E-state index contributed by atoms with van der Waals surface area (Å²) in [4.78, 5) is 13.5. The van der Waals surface area contributed by atoms with Crippen LogP contribution in [0.1, 0.15) is 26.5 Å². The Morgan fingerprint density at radius 3 is 2.28 bits per heavy atom. The fourth-order valence-electron chi connectivity index (χ4n) is 3.00. The highest BCUT2D eigenvalue weighted by Gasteiger charge is 2.22. The molecule has 1 aliphatic heterocycles. The third-order valence-electron chi connectivity index (χ3n) is 4.10. The Kier molecular flexibility index (Phi) is 4.79. The number of anilines is 3. The molecule has 1 aromatic heterocycles. The number of hydrogen-bond donors (Lipinski definition) is 1. The van der Waals surface area contributed by atoms with Gasteiger partial charge in [0, 0.05) is 43.5 Å². The standard InChI is InChI=1S/C19H26FN5/c1-14-13-17(23-19(2,3)4)22-18(21-14)25-11-9-24(10-12-25)16-8-6-5-7-15(16)20/h5-8,13H,9-12H2,1-4H3,(H,21,22,23). The molecular formula is C19H26FN5. The van der Waals surface area contributed by atoms with Crippen LogP contribution in [0.2, 0.25) is 0 Å². The minimum Gasteiger partial charge on any atom is -0.366 e. The van der Waals surface area contributed by atoms with Gasteiger partial charge < -0.3 is 15.1 Å². The van der Waals surface area contributed by atoms with Crippen LogP contribution < -0.4 is 15.1 Å². The molecule has 25 heavy (non-hydrogen) atoms. The second kappa shape index (κ2) is 6.86. The van der Waals surface area contributed by atoms with Gasteiger partial charge in [-0.25, -0.2) is 9.37 Å². The first kappa shape index (κ1) is 17.5. The van der Waals surface area contributed by atoms with Gasteiger partial charge in [0.15, 0.2) is 0 Å². The van der Waals surface area contributed by atoms with Crippen molar-refractivity contribution in [3.8, 4) is 0 Å². The molecule has 5 nitrogen and oxygen atoms in total. The number of aromatic nitrogens is 2. The zero-order chi connectivity index (χ0) is 18.0. The molecule has 0 atom stereocenters. The molecule has 0 spiro atoms. The molecular weight excluding hydrogens is 317 g/mol. The van der Waals surface area contributed by atoms with E-state index < -0.39 is 0 Å². The number of para-hydroxylation sites is 1. The molecule has 0 unspecified atom stereocenters. The number of rotatable bonds is 3. The molecule has 0 saturated carbocycles. The smallest absolute Gasteiger partial charge is 0.227 e. The summed E-state index contributed by atoms with van der Waals surface area (Å²) >= 11 is 0. The third-order valence-corrected chi connectivity index (χ3v) is 4.10.